The fourth-order valence-electron chi connectivity index (χ4n) is 2.49. The first-order valence-corrected chi connectivity index (χ1v) is 4.58. The quantitative estimate of drug-likeness (QED) is 0.528. The summed E-state index contributed by atoms with van der Waals surface area (Å²) in [6.45, 7) is 11.0. The standard InChI is InChI=1S/C11H20/c1-5-6-11(4)8-7-10(2,3)9-11/h5H,1,6-9H2,2-4H3. The van der Waals surface area contributed by atoms with E-state index in [1.165, 1.54) is 25.7 Å². The van der Waals surface area contributed by atoms with Gasteiger partial charge in [-0.3, -0.25) is 0 Å². The topological polar surface area (TPSA) is 0 Å². The smallest absolute Gasteiger partial charge is 0.0286 e. The Morgan fingerprint density at radius 1 is 1.27 bits per heavy atom. The summed E-state index contributed by atoms with van der Waals surface area (Å²) in [4.78, 5) is 0. The average Bonchev–Trinajstić information content (AvgIpc) is 2.07. The molecule has 1 aliphatic rings. The van der Waals surface area contributed by atoms with Crippen LogP contribution >= 0.6 is 0 Å². The second-order valence-electron chi connectivity index (χ2n) is 5.14. The third-order valence-corrected chi connectivity index (χ3v) is 2.95. The first-order valence-electron chi connectivity index (χ1n) is 4.58. The van der Waals surface area contributed by atoms with Crippen LogP contribution in [0.3, 0.4) is 0 Å². The van der Waals surface area contributed by atoms with Crippen LogP contribution in [-0.4, -0.2) is 0 Å². The highest BCUT2D eigenvalue weighted by Gasteiger charge is 2.38. The van der Waals surface area contributed by atoms with Crippen LogP contribution in [0.25, 0.3) is 0 Å². The minimum atomic E-state index is 0.561. The maximum atomic E-state index is 3.82. The molecule has 0 amide bonds. The van der Waals surface area contributed by atoms with Crippen LogP contribution in [0, 0.1) is 10.8 Å². The molecule has 1 atom stereocenters. The molecule has 1 saturated carbocycles. The number of hydrogen-bond acceptors (Lipinski definition) is 0. The zero-order valence-corrected chi connectivity index (χ0v) is 8.11. The van der Waals surface area contributed by atoms with Crippen molar-refractivity contribution in [2.75, 3.05) is 0 Å². The molecule has 0 heteroatoms. The summed E-state index contributed by atoms with van der Waals surface area (Å²) in [6, 6.07) is 0. The first kappa shape index (κ1) is 8.83. The zero-order chi connectivity index (χ0) is 8.54. The van der Waals surface area contributed by atoms with Gasteiger partial charge in [0.1, 0.15) is 0 Å². The molecule has 0 N–H and O–H groups in total. The van der Waals surface area contributed by atoms with Crippen LogP contribution in [0.15, 0.2) is 12.7 Å². The third-order valence-electron chi connectivity index (χ3n) is 2.95. The number of rotatable bonds is 2. The van der Waals surface area contributed by atoms with Crippen LogP contribution in [-0.2, 0) is 0 Å². The van der Waals surface area contributed by atoms with Gasteiger partial charge in [-0.15, -0.1) is 6.58 Å². The van der Waals surface area contributed by atoms with Gasteiger partial charge < -0.3 is 0 Å². The summed E-state index contributed by atoms with van der Waals surface area (Å²) >= 11 is 0. The van der Waals surface area contributed by atoms with Crippen molar-refractivity contribution < 1.29 is 0 Å². The molecule has 0 nitrogen and oxygen atoms in total. The van der Waals surface area contributed by atoms with Crippen molar-refractivity contribution in [3.05, 3.63) is 12.7 Å². The van der Waals surface area contributed by atoms with Crippen LogP contribution in [0.5, 0.6) is 0 Å². The molecule has 0 aromatic rings. The Balaban J connectivity index is 2.57. The van der Waals surface area contributed by atoms with Crippen molar-refractivity contribution in [2.24, 2.45) is 10.8 Å². The molecule has 0 heterocycles. The Labute approximate surface area is 70.7 Å². The maximum absolute atomic E-state index is 3.82. The van der Waals surface area contributed by atoms with Gasteiger partial charge in [0, 0.05) is 0 Å². The Bertz CT molecular complexity index is 155. The van der Waals surface area contributed by atoms with Crippen molar-refractivity contribution in [1.29, 1.82) is 0 Å². The molecule has 0 aromatic heterocycles. The first-order chi connectivity index (χ1) is 4.97. The molecule has 0 aliphatic heterocycles. The fraction of sp³-hybridized carbons (Fsp3) is 0.818. The van der Waals surface area contributed by atoms with Crippen molar-refractivity contribution >= 4 is 0 Å². The molecule has 0 bridgehead atoms. The molecule has 0 aromatic carbocycles. The third kappa shape index (κ3) is 2.08. The van der Waals surface area contributed by atoms with Crippen LogP contribution in [0.1, 0.15) is 46.5 Å². The Morgan fingerprint density at radius 2 is 1.91 bits per heavy atom. The van der Waals surface area contributed by atoms with Gasteiger partial charge in [-0.1, -0.05) is 26.8 Å². The largest absolute Gasteiger partial charge is 0.103 e. The molecular weight excluding hydrogens is 132 g/mol. The molecule has 11 heavy (non-hydrogen) atoms. The van der Waals surface area contributed by atoms with E-state index in [2.05, 4.69) is 33.4 Å². The molecule has 1 rings (SSSR count). The zero-order valence-electron chi connectivity index (χ0n) is 8.11. The monoisotopic (exact) mass is 152 g/mol. The van der Waals surface area contributed by atoms with E-state index in [-0.39, 0.29) is 0 Å². The molecular formula is C11H20. The van der Waals surface area contributed by atoms with E-state index in [0.29, 0.717) is 10.8 Å². The molecule has 1 unspecified atom stereocenters. The van der Waals surface area contributed by atoms with Gasteiger partial charge in [0.05, 0.1) is 0 Å². The van der Waals surface area contributed by atoms with Crippen molar-refractivity contribution in [2.45, 2.75) is 46.5 Å². The Morgan fingerprint density at radius 3 is 2.27 bits per heavy atom. The summed E-state index contributed by atoms with van der Waals surface area (Å²) in [5.74, 6) is 0. The van der Waals surface area contributed by atoms with E-state index in [4.69, 9.17) is 0 Å². The highest BCUT2D eigenvalue weighted by molar-refractivity contribution is 4.93. The van der Waals surface area contributed by atoms with Gasteiger partial charge in [-0.2, -0.15) is 0 Å². The van der Waals surface area contributed by atoms with E-state index >= 15 is 0 Å². The number of hydrogen-bond donors (Lipinski definition) is 0. The lowest BCUT2D eigenvalue weighted by atomic mass is 9.81. The van der Waals surface area contributed by atoms with Crippen molar-refractivity contribution in [3.63, 3.8) is 0 Å². The summed E-state index contributed by atoms with van der Waals surface area (Å²) < 4.78 is 0. The maximum Gasteiger partial charge on any atom is -0.0286 e. The van der Waals surface area contributed by atoms with E-state index in [0.717, 1.165) is 0 Å². The number of allylic oxidation sites excluding steroid dienone is 1. The molecule has 1 fully saturated rings. The summed E-state index contributed by atoms with van der Waals surface area (Å²) in [5.41, 5.74) is 1.14. The Hall–Kier alpha value is -0.260. The van der Waals surface area contributed by atoms with Gasteiger partial charge in [0.25, 0.3) is 0 Å². The normalized spacial score (nSPS) is 35.5. The molecule has 0 radical (unpaired) electrons. The van der Waals surface area contributed by atoms with E-state index in [9.17, 15) is 0 Å². The lowest BCUT2D eigenvalue weighted by Crippen LogP contribution is -2.13. The van der Waals surface area contributed by atoms with Gasteiger partial charge in [-0.25, -0.2) is 0 Å². The molecule has 0 spiro atoms. The van der Waals surface area contributed by atoms with Crippen molar-refractivity contribution in [3.8, 4) is 0 Å². The molecule has 1 aliphatic carbocycles. The highest BCUT2D eigenvalue weighted by atomic mass is 14.4. The average molecular weight is 152 g/mol. The van der Waals surface area contributed by atoms with Gasteiger partial charge in [0.15, 0.2) is 0 Å². The van der Waals surface area contributed by atoms with Crippen LogP contribution in [0.2, 0.25) is 0 Å². The van der Waals surface area contributed by atoms with E-state index in [1.807, 2.05) is 0 Å². The Kier molecular flexibility index (Phi) is 2.13. The van der Waals surface area contributed by atoms with Crippen molar-refractivity contribution in [1.82, 2.24) is 0 Å². The van der Waals surface area contributed by atoms with E-state index < -0.39 is 0 Å². The van der Waals surface area contributed by atoms with Gasteiger partial charge in [0.2, 0.25) is 0 Å². The predicted octanol–water partition coefficient (Wildman–Crippen LogP) is 3.78. The van der Waals surface area contributed by atoms with Gasteiger partial charge in [-0.05, 0) is 36.5 Å². The van der Waals surface area contributed by atoms with E-state index in [1.54, 1.807) is 0 Å². The summed E-state index contributed by atoms with van der Waals surface area (Å²) in [7, 11) is 0. The van der Waals surface area contributed by atoms with Crippen LogP contribution in [0.4, 0.5) is 0 Å². The SMILES string of the molecule is C=CCC1(C)CCC(C)(C)C1. The second kappa shape index (κ2) is 2.66. The lowest BCUT2D eigenvalue weighted by Gasteiger charge is -2.24. The summed E-state index contributed by atoms with van der Waals surface area (Å²) in [5, 5.41) is 0. The molecule has 64 valence electrons. The highest BCUT2D eigenvalue weighted by Crippen LogP contribution is 2.50. The van der Waals surface area contributed by atoms with Gasteiger partial charge >= 0.3 is 0 Å². The second-order valence-corrected chi connectivity index (χ2v) is 5.14. The predicted molar refractivity (Wildman–Crippen MR) is 50.6 cm³/mol. The molecule has 0 saturated heterocycles. The minimum Gasteiger partial charge on any atom is -0.103 e. The minimum absolute atomic E-state index is 0.561. The lowest BCUT2D eigenvalue weighted by molar-refractivity contribution is 0.282. The fourth-order valence-corrected chi connectivity index (χ4v) is 2.49. The summed E-state index contributed by atoms with van der Waals surface area (Å²) in [6.07, 6.45) is 7.40. The van der Waals surface area contributed by atoms with Crippen LogP contribution < -0.4 is 0 Å².